The van der Waals surface area contributed by atoms with E-state index in [-0.39, 0.29) is 5.75 Å². The van der Waals surface area contributed by atoms with Crippen molar-refractivity contribution in [2.24, 2.45) is 12.0 Å². The summed E-state index contributed by atoms with van der Waals surface area (Å²) in [6, 6.07) is 17.9. The van der Waals surface area contributed by atoms with Crippen LogP contribution in [0.3, 0.4) is 0 Å². The van der Waals surface area contributed by atoms with Gasteiger partial charge < -0.3 is 4.57 Å². The lowest BCUT2D eigenvalue weighted by Gasteiger charge is -2.08. The molecule has 0 aliphatic carbocycles. The average molecular weight is 373 g/mol. The van der Waals surface area contributed by atoms with Crippen molar-refractivity contribution < 1.29 is 8.42 Å². The highest BCUT2D eigenvalue weighted by Crippen LogP contribution is 2.24. The molecule has 0 radical (unpaired) electrons. The minimum Gasteiger partial charge on any atom is -0.342 e. The van der Waals surface area contributed by atoms with Gasteiger partial charge in [-0.25, -0.2) is 8.42 Å². The summed E-state index contributed by atoms with van der Waals surface area (Å²) in [7, 11) is -1.72. The largest absolute Gasteiger partial charge is 0.342 e. The van der Waals surface area contributed by atoms with Gasteiger partial charge in [0.2, 0.25) is 0 Å². The molecule has 0 fully saturated rings. The Balaban J connectivity index is 1.89. The standard InChI is InChI=1S/C19H17ClN2O2S/c1-22-12-4-7-19(22)25(23,24)14-16-5-2-3-6-18(16)21-13-15-8-10-17(20)11-9-15/h2-13H,14H2,1H3. The van der Waals surface area contributed by atoms with Gasteiger partial charge in [0, 0.05) is 24.5 Å². The van der Waals surface area contributed by atoms with Crippen molar-refractivity contribution in [3.05, 3.63) is 83.0 Å². The number of aliphatic imine (C=N–C) groups is 1. The van der Waals surface area contributed by atoms with Crippen LogP contribution in [0.1, 0.15) is 11.1 Å². The van der Waals surface area contributed by atoms with E-state index >= 15 is 0 Å². The molecule has 0 bridgehead atoms. The number of benzene rings is 2. The van der Waals surface area contributed by atoms with Crippen molar-refractivity contribution in [1.82, 2.24) is 4.57 Å². The van der Waals surface area contributed by atoms with Crippen LogP contribution in [-0.4, -0.2) is 19.2 Å². The second-order valence-electron chi connectivity index (χ2n) is 5.65. The molecule has 128 valence electrons. The van der Waals surface area contributed by atoms with Crippen molar-refractivity contribution in [2.75, 3.05) is 0 Å². The van der Waals surface area contributed by atoms with Gasteiger partial charge in [-0.05, 0) is 41.5 Å². The number of rotatable bonds is 5. The zero-order chi connectivity index (χ0) is 17.9. The van der Waals surface area contributed by atoms with Gasteiger partial charge in [-0.3, -0.25) is 4.99 Å². The fourth-order valence-electron chi connectivity index (χ4n) is 2.50. The maximum Gasteiger partial charge on any atom is 0.197 e. The van der Waals surface area contributed by atoms with Crippen molar-refractivity contribution in [1.29, 1.82) is 0 Å². The number of sulfone groups is 1. The van der Waals surface area contributed by atoms with Crippen LogP contribution in [0.15, 0.2) is 76.9 Å². The summed E-state index contributed by atoms with van der Waals surface area (Å²) >= 11 is 5.88. The first-order chi connectivity index (χ1) is 12.0. The third-order valence-electron chi connectivity index (χ3n) is 3.77. The highest BCUT2D eigenvalue weighted by Gasteiger charge is 2.19. The zero-order valence-corrected chi connectivity index (χ0v) is 15.2. The summed E-state index contributed by atoms with van der Waals surface area (Å²) in [5.41, 5.74) is 2.19. The molecular formula is C19H17ClN2O2S. The molecule has 6 heteroatoms. The van der Waals surface area contributed by atoms with Crippen LogP contribution in [0, 0.1) is 0 Å². The molecule has 0 unspecified atom stereocenters. The zero-order valence-electron chi connectivity index (χ0n) is 13.6. The molecule has 1 aromatic heterocycles. The number of halogens is 1. The van der Waals surface area contributed by atoms with E-state index in [0.717, 1.165) is 5.56 Å². The van der Waals surface area contributed by atoms with E-state index in [0.29, 0.717) is 21.3 Å². The van der Waals surface area contributed by atoms with Gasteiger partial charge in [-0.15, -0.1) is 0 Å². The molecule has 3 aromatic rings. The molecule has 1 heterocycles. The lowest BCUT2D eigenvalue weighted by Crippen LogP contribution is -2.09. The molecule has 2 aromatic carbocycles. The predicted octanol–water partition coefficient (Wildman–Crippen LogP) is 4.40. The summed E-state index contributed by atoms with van der Waals surface area (Å²) in [5, 5.41) is 0.954. The van der Waals surface area contributed by atoms with Crippen LogP contribution in [0.25, 0.3) is 0 Å². The van der Waals surface area contributed by atoms with Crippen molar-refractivity contribution in [3.63, 3.8) is 0 Å². The lowest BCUT2D eigenvalue weighted by atomic mass is 10.2. The van der Waals surface area contributed by atoms with E-state index in [4.69, 9.17) is 11.6 Å². The molecule has 3 rings (SSSR count). The first-order valence-electron chi connectivity index (χ1n) is 7.67. The SMILES string of the molecule is Cn1cccc1S(=O)(=O)Cc1ccccc1N=Cc1ccc(Cl)cc1. The number of aryl methyl sites for hydroxylation is 1. The monoisotopic (exact) mass is 372 g/mol. The average Bonchev–Trinajstić information content (AvgIpc) is 3.02. The van der Waals surface area contributed by atoms with Crippen molar-refractivity contribution in [3.8, 4) is 0 Å². The summed E-state index contributed by atoms with van der Waals surface area (Å²) in [6.07, 6.45) is 3.42. The molecule has 25 heavy (non-hydrogen) atoms. The van der Waals surface area contributed by atoms with Crippen LogP contribution in [0.5, 0.6) is 0 Å². The normalized spacial score (nSPS) is 11.9. The Morgan fingerprint density at radius 2 is 1.76 bits per heavy atom. The van der Waals surface area contributed by atoms with Crippen LogP contribution >= 0.6 is 11.6 Å². The van der Waals surface area contributed by atoms with E-state index in [1.165, 1.54) is 0 Å². The van der Waals surface area contributed by atoms with Gasteiger partial charge in [-0.1, -0.05) is 41.9 Å². The smallest absolute Gasteiger partial charge is 0.197 e. The maximum atomic E-state index is 12.7. The molecule has 0 atom stereocenters. The Morgan fingerprint density at radius 1 is 1.04 bits per heavy atom. The van der Waals surface area contributed by atoms with Crippen molar-refractivity contribution >= 4 is 33.3 Å². The Hall–Kier alpha value is -2.37. The second kappa shape index (κ2) is 7.25. The van der Waals surface area contributed by atoms with Gasteiger partial charge in [0.05, 0.1) is 11.4 Å². The third kappa shape index (κ3) is 4.18. The predicted molar refractivity (Wildman–Crippen MR) is 101 cm³/mol. The number of hydrogen-bond acceptors (Lipinski definition) is 3. The van der Waals surface area contributed by atoms with E-state index in [1.54, 1.807) is 54.4 Å². The number of hydrogen-bond donors (Lipinski definition) is 0. The lowest BCUT2D eigenvalue weighted by molar-refractivity contribution is 0.585. The summed E-state index contributed by atoms with van der Waals surface area (Å²) < 4.78 is 26.9. The van der Waals surface area contributed by atoms with Gasteiger partial charge in [0.15, 0.2) is 9.84 Å². The van der Waals surface area contributed by atoms with Gasteiger partial charge in [0.25, 0.3) is 0 Å². The van der Waals surface area contributed by atoms with E-state index in [1.807, 2.05) is 30.3 Å². The first kappa shape index (κ1) is 17.5. The minimum atomic E-state index is -3.44. The van der Waals surface area contributed by atoms with E-state index in [2.05, 4.69) is 4.99 Å². The highest BCUT2D eigenvalue weighted by molar-refractivity contribution is 7.90. The van der Waals surface area contributed by atoms with Crippen LogP contribution < -0.4 is 0 Å². The summed E-state index contributed by atoms with van der Waals surface area (Å²) in [6.45, 7) is 0. The molecular weight excluding hydrogens is 356 g/mol. The second-order valence-corrected chi connectivity index (χ2v) is 8.03. The highest BCUT2D eigenvalue weighted by atomic mass is 35.5. The molecule has 0 saturated carbocycles. The van der Waals surface area contributed by atoms with Crippen LogP contribution in [0.2, 0.25) is 5.02 Å². The molecule has 0 N–H and O–H groups in total. The van der Waals surface area contributed by atoms with Crippen LogP contribution in [0.4, 0.5) is 5.69 Å². The van der Waals surface area contributed by atoms with Gasteiger partial charge >= 0.3 is 0 Å². The first-order valence-corrected chi connectivity index (χ1v) is 9.70. The molecule has 0 spiro atoms. The quantitative estimate of drug-likeness (QED) is 0.623. The fraction of sp³-hybridized carbons (Fsp3) is 0.105. The summed E-state index contributed by atoms with van der Waals surface area (Å²) in [4.78, 5) is 4.45. The van der Waals surface area contributed by atoms with Gasteiger partial charge in [0.1, 0.15) is 5.03 Å². The minimum absolute atomic E-state index is 0.0982. The molecule has 0 amide bonds. The molecule has 0 aliphatic rings. The Kier molecular flexibility index (Phi) is 5.06. The van der Waals surface area contributed by atoms with Gasteiger partial charge in [-0.2, -0.15) is 0 Å². The summed E-state index contributed by atoms with van der Waals surface area (Å²) in [5.74, 6) is -0.0982. The van der Waals surface area contributed by atoms with Crippen molar-refractivity contribution in [2.45, 2.75) is 10.8 Å². The Bertz CT molecular complexity index is 1010. The third-order valence-corrected chi connectivity index (χ3v) is 5.78. The molecule has 0 aliphatic heterocycles. The topological polar surface area (TPSA) is 51.4 Å². The number of aromatic nitrogens is 1. The molecule has 4 nitrogen and oxygen atoms in total. The van der Waals surface area contributed by atoms with E-state index in [9.17, 15) is 8.42 Å². The Morgan fingerprint density at radius 3 is 2.44 bits per heavy atom. The number of para-hydroxylation sites is 1. The number of nitrogens with zero attached hydrogens (tertiary/aromatic N) is 2. The molecule has 0 saturated heterocycles. The maximum absolute atomic E-state index is 12.7. The fourth-order valence-corrected chi connectivity index (χ4v) is 4.21. The Labute approximate surface area is 152 Å². The van der Waals surface area contributed by atoms with Crippen LogP contribution in [-0.2, 0) is 22.6 Å². The van der Waals surface area contributed by atoms with E-state index < -0.39 is 9.84 Å².